The van der Waals surface area contributed by atoms with Gasteiger partial charge < -0.3 is 9.84 Å². The van der Waals surface area contributed by atoms with E-state index in [0.29, 0.717) is 28.6 Å². The van der Waals surface area contributed by atoms with Crippen molar-refractivity contribution >= 4 is 23.7 Å². The molecule has 0 bridgehead atoms. The van der Waals surface area contributed by atoms with Crippen LogP contribution in [0.5, 0.6) is 11.5 Å². The van der Waals surface area contributed by atoms with E-state index in [4.69, 9.17) is 16.3 Å². The lowest BCUT2D eigenvalue weighted by Gasteiger charge is -2.07. The third kappa shape index (κ3) is 5.33. The van der Waals surface area contributed by atoms with Gasteiger partial charge >= 0.3 is 0 Å². The minimum Gasteiger partial charge on any atom is -0.507 e. The zero-order valence-corrected chi connectivity index (χ0v) is 17.6. The number of nitrogens with one attached hydrogen (secondary N) is 2. The standard InChI is InChI=1S/C24H19ClN4O3/c25-19-10-8-16(9-11-19)15-32-20-6-3-5-17(12-20)21-13-22(28-27-21)24(31)29-26-14-18-4-1-2-7-23(18)30/h1-14,30H,15H2,(H,27,28)(H,29,31). The van der Waals surface area contributed by atoms with Crippen molar-refractivity contribution in [1.29, 1.82) is 0 Å². The van der Waals surface area contributed by atoms with Crippen LogP contribution in [0.25, 0.3) is 11.3 Å². The summed E-state index contributed by atoms with van der Waals surface area (Å²) in [7, 11) is 0. The summed E-state index contributed by atoms with van der Waals surface area (Å²) in [6.07, 6.45) is 1.37. The molecule has 3 N–H and O–H groups in total. The molecule has 4 aromatic rings. The highest BCUT2D eigenvalue weighted by molar-refractivity contribution is 6.30. The number of amides is 1. The van der Waals surface area contributed by atoms with Crippen LogP contribution in [0.15, 0.2) is 84.0 Å². The number of para-hydroxylation sites is 1. The number of carbonyl (C=O) groups is 1. The van der Waals surface area contributed by atoms with Gasteiger partial charge in [0.2, 0.25) is 0 Å². The fourth-order valence-electron chi connectivity index (χ4n) is 2.90. The van der Waals surface area contributed by atoms with Gasteiger partial charge in [-0.05, 0) is 48.0 Å². The number of hydrogen-bond acceptors (Lipinski definition) is 5. The first-order valence-corrected chi connectivity index (χ1v) is 10.1. The van der Waals surface area contributed by atoms with Crippen molar-refractivity contribution < 1.29 is 14.6 Å². The predicted octanol–water partition coefficient (Wildman–Crippen LogP) is 4.78. The molecule has 160 valence electrons. The van der Waals surface area contributed by atoms with E-state index in [1.165, 1.54) is 12.3 Å². The van der Waals surface area contributed by atoms with Gasteiger partial charge in [-0.3, -0.25) is 9.89 Å². The molecule has 0 aliphatic carbocycles. The monoisotopic (exact) mass is 446 g/mol. The van der Waals surface area contributed by atoms with Crippen LogP contribution in [0.1, 0.15) is 21.6 Å². The molecule has 0 radical (unpaired) electrons. The van der Waals surface area contributed by atoms with Gasteiger partial charge in [-0.1, -0.05) is 48.0 Å². The summed E-state index contributed by atoms with van der Waals surface area (Å²) in [5.41, 5.74) is 5.55. The highest BCUT2D eigenvalue weighted by atomic mass is 35.5. The Labute approximate surface area is 189 Å². The predicted molar refractivity (Wildman–Crippen MR) is 123 cm³/mol. The van der Waals surface area contributed by atoms with Crippen molar-refractivity contribution in [2.45, 2.75) is 6.61 Å². The van der Waals surface area contributed by atoms with Crippen LogP contribution in [-0.4, -0.2) is 27.4 Å². The maximum Gasteiger partial charge on any atom is 0.289 e. The van der Waals surface area contributed by atoms with E-state index >= 15 is 0 Å². The second-order valence-electron chi connectivity index (χ2n) is 6.87. The van der Waals surface area contributed by atoms with Crippen molar-refractivity contribution in [3.63, 3.8) is 0 Å². The number of hydrazone groups is 1. The molecule has 7 nitrogen and oxygen atoms in total. The molecule has 0 fully saturated rings. The van der Waals surface area contributed by atoms with Gasteiger partial charge in [-0.15, -0.1) is 0 Å². The maximum absolute atomic E-state index is 12.3. The van der Waals surface area contributed by atoms with E-state index in [9.17, 15) is 9.90 Å². The number of hydrogen-bond donors (Lipinski definition) is 3. The molecule has 1 amide bonds. The smallest absolute Gasteiger partial charge is 0.289 e. The molecule has 1 aromatic heterocycles. The van der Waals surface area contributed by atoms with E-state index < -0.39 is 5.91 Å². The van der Waals surface area contributed by atoms with Crippen LogP contribution in [-0.2, 0) is 6.61 Å². The number of aromatic amines is 1. The summed E-state index contributed by atoms with van der Waals surface area (Å²) in [5.74, 6) is 0.303. The number of aromatic nitrogens is 2. The Morgan fingerprint density at radius 3 is 2.72 bits per heavy atom. The summed E-state index contributed by atoms with van der Waals surface area (Å²) in [5, 5.41) is 21.2. The van der Waals surface area contributed by atoms with Crippen LogP contribution >= 0.6 is 11.6 Å². The molecule has 0 spiro atoms. The first-order chi connectivity index (χ1) is 15.6. The number of phenols is 1. The number of benzene rings is 3. The number of ether oxygens (including phenoxy) is 1. The van der Waals surface area contributed by atoms with Gasteiger partial charge in [0.05, 0.1) is 11.9 Å². The number of H-pyrrole nitrogens is 1. The van der Waals surface area contributed by atoms with Crippen LogP contribution < -0.4 is 10.2 Å². The minimum atomic E-state index is -0.453. The Bertz CT molecular complexity index is 1250. The van der Waals surface area contributed by atoms with Gasteiger partial charge in [0.25, 0.3) is 5.91 Å². The maximum atomic E-state index is 12.3. The van der Waals surface area contributed by atoms with E-state index in [2.05, 4.69) is 20.7 Å². The van der Waals surface area contributed by atoms with Crippen LogP contribution in [0.4, 0.5) is 0 Å². The van der Waals surface area contributed by atoms with Crippen molar-refractivity contribution in [2.75, 3.05) is 0 Å². The summed E-state index contributed by atoms with van der Waals surface area (Å²) in [4.78, 5) is 12.3. The zero-order valence-electron chi connectivity index (χ0n) is 16.8. The van der Waals surface area contributed by atoms with Gasteiger partial charge in [-0.2, -0.15) is 10.2 Å². The largest absolute Gasteiger partial charge is 0.507 e. The Kier molecular flexibility index (Phi) is 6.48. The highest BCUT2D eigenvalue weighted by Crippen LogP contribution is 2.24. The van der Waals surface area contributed by atoms with E-state index in [1.54, 1.807) is 24.3 Å². The Morgan fingerprint density at radius 1 is 1.09 bits per heavy atom. The minimum absolute atomic E-state index is 0.0764. The number of phenolic OH excluding ortho intramolecular Hbond substituents is 1. The zero-order chi connectivity index (χ0) is 22.3. The van der Waals surface area contributed by atoms with Crippen molar-refractivity contribution in [2.24, 2.45) is 5.10 Å². The van der Waals surface area contributed by atoms with Crippen molar-refractivity contribution in [3.05, 3.63) is 101 Å². The Balaban J connectivity index is 1.39. The second kappa shape index (κ2) is 9.80. The molecule has 8 heteroatoms. The number of halogens is 1. The lowest BCUT2D eigenvalue weighted by molar-refractivity contribution is 0.0950. The number of nitrogens with zero attached hydrogens (tertiary/aromatic N) is 2. The summed E-state index contributed by atoms with van der Waals surface area (Å²) < 4.78 is 5.85. The third-order valence-corrected chi connectivity index (χ3v) is 4.83. The molecule has 1 heterocycles. The first kappa shape index (κ1) is 21.1. The van der Waals surface area contributed by atoms with Crippen molar-refractivity contribution in [3.8, 4) is 22.8 Å². The normalized spacial score (nSPS) is 10.9. The Hall–Kier alpha value is -4.10. The molecule has 0 saturated carbocycles. The molecule has 0 aliphatic rings. The van der Waals surface area contributed by atoms with Crippen molar-refractivity contribution in [1.82, 2.24) is 15.6 Å². The molecule has 3 aromatic carbocycles. The molecule has 0 unspecified atom stereocenters. The van der Waals surface area contributed by atoms with Crippen LogP contribution in [0.2, 0.25) is 5.02 Å². The lowest BCUT2D eigenvalue weighted by atomic mass is 10.1. The van der Waals surface area contributed by atoms with Crippen LogP contribution in [0.3, 0.4) is 0 Å². The van der Waals surface area contributed by atoms with Gasteiger partial charge in [0.1, 0.15) is 23.8 Å². The average Bonchev–Trinajstić information content (AvgIpc) is 3.31. The lowest BCUT2D eigenvalue weighted by Crippen LogP contribution is -2.18. The molecule has 0 aliphatic heterocycles. The molecule has 0 atom stereocenters. The molecular formula is C24H19ClN4O3. The summed E-state index contributed by atoms with van der Waals surface area (Å²) >= 11 is 5.91. The van der Waals surface area contributed by atoms with Crippen LogP contribution in [0, 0.1) is 0 Å². The van der Waals surface area contributed by atoms with Gasteiger partial charge in [0.15, 0.2) is 0 Å². The topological polar surface area (TPSA) is 99.6 Å². The first-order valence-electron chi connectivity index (χ1n) is 9.73. The van der Waals surface area contributed by atoms with Gasteiger partial charge in [0, 0.05) is 16.1 Å². The highest BCUT2D eigenvalue weighted by Gasteiger charge is 2.11. The van der Waals surface area contributed by atoms with E-state index in [1.807, 2.05) is 48.5 Å². The summed E-state index contributed by atoms with van der Waals surface area (Å²) in [6, 6.07) is 23.2. The van der Waals surface area contributed by atoms with E-state index in [-0.39, 0.29) is 11.4 Å². The number of rotatable bonds is 7. The fraction of sp³-hybridized carbons (Fsp3) is 0.0417. The quantitative estimate of drug-likeness (QED) is 0.281. The number of carbonyl (C=O) groups excluding carboxylic acids is 1. The van der Waals surface area contributed by atoms with Gasteiger partial charge in [-0.25, -0.2) is 5.43 Å². The summed E-state index contributed by atoms with van der Waals surface area (Å²) in [6.45, 7) is 0.407. The number of aromatic hydroxyl groups is 1. The fourth-order valence-corrected chi connectivity index (χ4v) is 3.02. The molecule has 32 heavy (non-hydrogen) atoms. The second-order valence-corrected chi connectivity index (χ2v) is 7.30. The Morgan fingerprint density at radius 2 is 1.91 bits per heavy atom. The SMILES string of the molecule is O=C(NN=Cc1ccccc1O)c1cc(-c2cccc(OCc3ccc(Cl)cc3)c2)n[nH]1. The van der Waals surface area contributed by atoms with E-state index in [0.717, 1.165) is 11.1 Å². The third-order valence-electron chi connectivity index (χ3n) is 4.58. The molecule has 4 rings (SSSR count). The molecule has 0 saturated heterocycles. The average molecular weight is 447 g/mol. The molecular weight excluding hydrogens is 428 g/mol.